The largest absolute Gasteiger partial charge is 0.478 e. The van der Waals surface area contributed by atoms with E-state index in [1.807, 2.05) is 12.1 Å². The van der Waals surface area contributed by atoms with Gasteiger partial charge >= 0.3 is 5.97 Å². The monoisotopic (exact) mass is 476 g/mol. The van der Waals surface area contributed by atoms with Crippen molar-refractivity contribution in [1.29, 1.82) is 0 Å². The van der Waals surface area contributed by atoms with Gasteiger partial charge in [0.05, 0.1) is 5.56 Å². The van der Waals surface area contributed by atoms with Crippen LogP contribution in [0, 0.1) is 52.3 Å². The fourth-order valence-electron chi connectivity index (χ4n) is 11.0. The number of carboxylic acid groups (broad SMARTS) is 1. The third-order valence-electron chi connectivity index (χ3n) is 12.9. The summed E-state index contributed by atoms with van der Waals surface area (Å²) in [4.78, 5) is 11.7. The van der Waals surface area contributed by atoms with Crippen molar-refractivity contribution in [1.82, 2.24) is 0 Å². The number of hydrogen-bond donors (Lipinski definition) is 1. The van der Waals surface area contributed by atoms with E-state index in [1.165, 1.54) is 83.5 Å². The Morgan fingerprint density at radius 2 is 1.69 bits per heavy atom. The molecule has 0 amide bonds. The molecule has 5 saturated carbocycles. The summed E-state index contributed by atoms with van der Waals surface area (Å²) >= 11 is 0. The highest BCUT2D eigenvalue weighted by atomic mass is 16.4. The van der Waals surface area contributed by atoms with Crippen molar-refractivity contribution < 1.29 is 9.90 Å². The molecule has 35 heavy (non-hydrogen) atoms. The number of aromatic carboxylic acids is 1. The molecule has 0 aromatic heterocycles. The Hall–Kier alpha value is -1.31. The smallest absolute Gasteiger partial charge is 0.335 e. The summed E-state index contributed by atoms with van der Waals surface area (Å²) in [7, 11) is 0. The molecule has 0 spiro atoms. The summed E-state index contributed by atoms with van der Waals surface area (Å²) in [5.74, 6) is 6.23. The predicted molar refractivity (Wildman–Crippen MR) is 142 cm³/mol. The molecular weight excluding hydrogens is 428 g/mol. The second-order valence-electron chi connectivity index (χ2n) is 14.0. The summed E-state index contributed by atoms with van der Waals surface area (Å²) in [6.45, 7) is 7.91. The van der Waals surface area contributed by atoms with Crippen LogP contribution >= 0.6 is 0 Å². The van der Waals surface area contributed by atoms with Gasteiger partial charge < -0.3 is 5.11 Å². The average molecular weight is 477 g/mol. The van der Waals surface area contributed by atoms with Crippen LogP contribution in [-0.2, 0) is 0 Å². The summed E-state index contributed by atoms with van der Waals surface area (Å²) in [6.07, 6.45) is 18.7. The third kappa shape index (κ3) is 3.83. The van der Waals surface area contributed by atoms with Gasteiger partial charge in [-0.3, -0.25) is 0 Å². The fraction of sp³-hybridized carbons (Fsp3) is 0.788. The molecule has 5 fully saturated rings. The Kier molecular flexibility index (Phi) is 6.12. The topological polar surface area (TPSA) is 37.3 Å². The van der Waals surface area contributed by atoms with E-state index in [9.17, 15) is 9.90 Å². The molecule has 8 unspecified atom stereocenters. The van der Waals surface area contributed by atoms with Gasteiger partial charge in [0.2, 0.25) is 0 Å². The van der Waals surface area contributed by atoms with Crippen LogP contribution in [0.4, 0.5) is 0 Å². The van der Waals surface area contributed by atoms with Crippen LogP contribution in [0.1, 0.15) is 126 Å². The molecule has 10 atom stereocenters. The molecule has 2 heteroatoms. The van der Waals surface area contributed by atoms with Crippen molar-refractivity contribution in [3.63, 3.8) is 0 Å². The minimum absolute atomic E-state index is 0.481. The molecule has 0 saturated heterocycles. The van der Waals surface area contributed by atoms with Gasteiger partial charge in [0.1, 0.15) is 0 Å². The average Bonchev–Trinajstić information content (AvgIpc) is 3.55. The molecule has 1 N–H and O–H groups in total. The fourth-order valence-corrected chi connectivity index (χ4v) is 11.0. The molecule has 0 aliphatic heterocycles. The lowest BCUT2D eigenvalue weighted by Gasteiger charge is -2.62. The van der Waals surface area contributed by atoms with Crippen LogP contribution in [0.3, 0.4) is 0 Å². The van der Waals surface area contributed by atoms with Crippen molar-refractivity contribution in [2.75, 3.05) is 0 Å². The van der Waals surface area contributed by atoms with Gasteiger partial charge in [-0.1, -0.05) is 58.2 Å². The molecule has 2 nitrogen and oxygen atoms in total. The van der Waals surface area contributed by atoms with Crippen molar-refractivity contribution in [2.24, 2.45) is 52.3 Å². The van der Waals surface area contributed by atoms with E-state index in [2.05, 4.69) is 26.8 Å². The van der Waals surface area contributed by atoms with E-state index in [-0.39, 0.29) is 0 Å². The lowest BCUT2D eigenvalue weighted by molar-refractivity contribution is -0.135. The number of benzene rings is 1. The molecule has 192 valence electrons. The van der Waals surface area contributed by atoms with Gasteiger partial charge in [0, 0.05) is 0 Å². The van der Waals surface area contributed by atoms with Crippen molar-refractivity contribution in [3.8, 4) is 0 Å². The Morgan fingerprint density at radius 3 is 2.49 bits per heavy atom. The number of carboxylic acids is 1. The highest BCUT2D eigenvalue weighted by molar-refractivity contribution is 5.89. The van der Waals surface area contributed by atoms with Crippen LogP contribution < -0.4 is 0 Å². The predicted octanol–water partition coefficient (Wildman–Crippen LogP) is 8.95. The molecule has 0 heterocycles. The van der Waals surface area contributed by atoms with Gasteiger partial charge in [-0.05, 0) is 134 Å². The maximum absolute atomic E-state index is 11.7. The summed E-state index contributed by atoms with van der Waals surface area (Å²) < 4.78 is 0. The van der Waals surface area contributed by atoms with E-state index in [0.717, 1.165) is 41.1 Å². The Balaban J connectivity index is 1.13. The summed E-state index contributed by atoms with van der Waals surface area (Å²) in [5, 5.41) is 9.62. The highest BCUT2D eigenvalue weighted by Crippen LogP contribution is 2.69. The number of fused-ring (bicyclic) bond motifs is 5. The van der Waals surface area contributed by atoms with Crippen LogP contribution in [-0.4, -0.2) is 11.1 Å². The SMILES string of the molecule is CC[C@H]1CC2C3CCC(CCC4CC4c4ccccc4C(=O)O)C3(C)CC[C@@H]2C2(C)CCCCC12. The molecule has 1 aromatic carbocycles. The first-order valence-electron chi connectivity index (χ1n) is 15.2. The zero-order valence-corrected chi connectivity index (χ0v) is 22.5. The lowest BCUT2D eigenvalue weighted by atomic mass is 9.42. The summed E-state index contributed by atoms with van der Waals surface area (Å²) in [5.41, 5.74) is 2.80. The first-order valence-corrected chi connectivity index (χ1v) is 15.2. The normalized spacial score (nSPS) is 46.4. The molecule has 5 aliphatic carbocycles. The maximum atomic E-state index is 11.7. The second-order valence-corrected chi connectivity index (χ2v) is 14.0. The Bertz CT molecular complexity index is 952. The molecular formula is C33H48O2. The lowest BCUT2D eigenvalue weighted by Crippen LogP contribution is -2.55. The van der Waals surface area contributed by atoms with E-state index in [0.29, 0.717) is 28.2 Å². The first-order chi connectivity index (χ1) is 16.9. The maximum Gasteiger partial charge on any atom is 0.335 e. The first kappa shape index (κ1) is 24.1. The minimum Gasteiger partial charge on any atom is -0.478 e. The highest BCUT2D eigenvalue weighted by Gasteiger charge is 2.61. The van der Waals surface area contributed by atoms with Crippen molar-refractivity contribution >= 4 is 5.97 Å². The van der Waals surface area contributed by atoms with Crippen LogP contribution in [0.15, 0.2) is 24.3 Å². The Morgan fingerprint density at radius 1 is 0.886 bits per heavy atom. The summed E-state index contributed by atoms with van der Waals surface area (Å²) in [6, 6.07) is 7.74. The standard InChI is InChI=1S/C33H48O2/c1-4-21-19-27-29-15-14-23(13-12-22-20-26(22)24-9-5-6-10-25(24)31(34)35)32(29,2)18-16-30(27)33(3)17-8-7-11-28(21)33/h5-6,9-10,21-23,26-30H,4,7-8,11-20H2,1-3H3,(H,34,35)/t21-,22?,23?,26?,27?,28?,29?,30-,32?,33?/m0/s1. The van der Waals surface area contributed by atoms with E-state index >= 15 is 0 Å². The third-order valence-corrected chi connectivity index (χ3v) is 12.9. The van der Waals surface area contributed by atoms with Crippen LogP contribution in [0.2, 0.25) is 0 Å². The van der Waals surface area contributed by atoms with Crippen molar-refractivity contribution in [3.05, 3.63) is 35.4 Å². The zero-order chi connectivity index (χ0) is 24.4. The van der Waals surface area contributed by atoms with Gasteiger partial charge in [-0.2, -0.15) is 0 Å². The van der Waals surface area contributed by atoms with E-state index in [4.69, 9.17) is 0 Å². The second kappa shape index (κ2) is 8.91. The van der Waals surface area contributed by atoms with E-state index in [1.54, 1.807) is 6.07 Å². The molecule has 1 aromatic rings. The van der Waals surface area contributed by atoms with Crippen LogP contribution in [0.5, 0.6) is 0 Å². The number of hydrogen-bond acceptors (Lipinski definition) is 1. The molecule has 5 aliphatic rings. The number of rotatable bonds is 6. The molecule has 0 bridgehead atoms. The van der Waals surface area contributed by atoms with Gasteiger partial charge in [-0.25, -0.2) is 4.79 Å². The quantitative estimate of drug-likeness (QED) is 0.445. The van der Waals surface area contributed by atoms with Gasteiger partial charge in [-0.15, -0.1) is 0 Å². The van der Waals surface area contributed by atoms with Crippen molar-refractivity contribution in [2.45, 2.75) is 110 Å². The Labute approximate surface area is 213 Å². The van der Waals surface area contributed by atoms with E-state index < -0.39 is 5.97 Å². The van der Waals surface area contributed by atoms with Gasteiger partial charge in [0.15, 0.2) is 0 Å². The van der Waals surface area contributed by atoms with Gasteiger partial charge in [0.25, 0.3) is 0 Å². The molecule has 0 radical (unpaired) electrons. The minimum atomic E-state index is -0.763. The number of carbonyl (C=O) groups is 1. The zero-order valence-electron chi connectivity index (χ0n) is 22.5. The molecule has 6 rings (SSSR count). The van der Waals surface area contributed by atoms with Crippen LogP contribution in [0.25, 0.3) is 0 Å².